The third-order valence-electron chi connectivity index (χ3n) is 4.73. The second kappa shape index (κ2) is 7.71. The molecule has 0 saturated heterocycles. The first kappa shape index (κ1) is 18.6. The molecule has 146 valence electrons. The molecule has 1 amide bonds. The van der Waals surface area contributed by atoms with Crippen LogP contribution in [0.2, 0.25) is 0 Å². The average Bonchev–Trinajstić information content (AvgIpc) is 3.17. The summed E-state index contributed by atoms with van der Waals surface area (Å²) in [5.41, 5.74) is 3.02. The second-order valence-electron chi connectivity index (χ2n) is 6.88. The van der Waals surface area contributed by atoms with Gasteiger partial charge in [-0.25, -0.2) is 0 Å². The Labute approximate surface area is 167 Å². The number of rotatable bonds is 5. The van der Waals surface area contributed by atoms with Crippen LogP contribution < -0.4 is 10.7 Å². The summed E-state index contributed by atoms with van der Waals surface area (Å²) in [5.74, 6) is -0.544. The van der Waals surface area contributed by atoms with Gasteiger partial charge in [0.1, 0.15) is 0 Å². The molecule has 0 fully saturated rings. The molecule has 1 N–H and O–H groups in total. The average molecular weight is 387 g/mol. The van der Waals surface area contributed by atoms with Gasteiger partial charge in [0.05, 0.1) is 23.9 Å². The van der Waals surface area contributed by atoms with E-state index in [4.69, 9.17) is 0 Å². The fraction of sp³-hybridized carbons (Fsp3) is 0.182. The topological polar surface area (TPSA) is 81.8 Å². The highest BCUT2D eigenvalue weighted by atomic mass is 16.2. The van der Waals surface area contributed by atoms with Crippen molar-refractivity contribution in [3.05, 3.63) is 88.0 Å². The number of carbonyl (C=O) groups is 1. The zero-order valence-electron chi connectivity index (χ0n) is 16.3. The molecular weight excluding hydrogens is 366 g/mol. The molecule has 4 rings (SSSR count). The molecule has 0 saturated carbocycles. The monoisotopic (exact) mass is 387 g/mol. The van der Waals surface area contributed by atoms with Crippen molar-refractivity contribution in [2.45, 2.75) is 26.9 Å². The van der Waals surface area contributed by atoms with Crippen molar-refractivity contribution in [1.82, 2.24) is 19.6 Å². The van der Waals surface area contributed by atoms with E-state index >= 15 is 0 Å². The zero-order valence-corrected chi connectivity index (χ0v) is 16.3. The number of benzene rings is 2. The van der Waals surface area contributed by atoms with Crippen molar-refractivity contribution in [2.75, 3.05) is 5.32 Å². The van der Waals surface area contributed by atoms with Crippen LogP contribution in [0.4, 0.5) is 5.69 Å². The summed E-state index contributed by atoms with van der Waals surface area (Å²) in [6, 6.07) is 15.3. The summed E-state index contributed by atoms with van der Waals surface area (Å²) in [7, 11) is 0. The summed E-state index contributed by atoms with van der Waals surface area (Å²) in [6.07, 6.45) is 3.29. The molecule has 0 aliphatic carbocycles. The molecule has 0 atom stereocenters. The van der Waals surface area contributed by atoms with E-state index in [1.807, 2.05) is 50.2 Å². The Bertz CT molecular complexity index is 1240. The fourth-order valence-electron chi connectivity index (χ4n) is 3.21. The highest BCUT2D eigenvalue weighted by Crippen LogP contribution is 2.12. The van der Waals surface area contributed by atoms with E-state index in [0.717, 1.165) is 5.56 Å². The Morgan fingerprint density at radius 3 is 2.62 bits per heavy atom. The number of amides is 1. The number of hydrogen-bond acceptors (Lipinski definition) is 4. The molecular formula is C22H21N5O2. The molecule has 4 aromatic rings. The van der Waals surface area contributed by atoms with Gasteiger partial charge in [0.25, 0.3) is 5.91 Å². The van der Waals surface area contributed by atoms with Gasteiger partial charge in [-0.2, -0.15) is 10.2 Å². The molecule has 2 aromatic heterocycles. The third kappa shape index (κ3) is 3.80. The fourth-order valence-corrected chi connectivity index (χ4v) is 3.21. The third-order valence-corrected chi connectivity index (χ3v) is 4.73. The zero-order chi connectivity index (χ0) is 20.4. The Morgan fingerprint density at radius 2 is 1.86 bits per heavy atom. The van der Waals surface area contributed by atoms with Gasteiger partial charge in [0, 0.05) is 18.1 Å². The van der Waals surface area contributed by atoms with Gasteiger partial charge < -0.3 is 5.32 Å². The van der Waals surface area contributed by atoms with E-state index in [2.05, 4.69) is 15.5 Å². The quantitative estimate of drug-likeness (QED) is 0.570. The van der Waals surface area contributed by atoms with Crippen LogP contribution in [0.1, 0.15) is 28.5 Å². The molecule has 7 nitrogen and oxygen atoms in total. The van der Waals surface area contributed by atoms with E-state index < -0.39 is 5.91 Å². The van der Waals surface area contributed by atoms with Gasteiger partial charge in [-0.15, -0.1) is 0 Å². The van der Waals surface area contributed by atoms with Crippen molar-refractivity contribution < 1.29 is 4.79 Å². The van der Waals surface area contributed by atoms with E-state index in [-0.39, 0.29) is 11.1 Å². The van der Waals surface area contributed by atoms with Crippen LogP contribution in [0.25, 0.3) is 10.9 Å². The van der Waals surface area contributed by atoms with Gasteiger partial charge in [0.2, 0.25) is 5.43 Å². The number of nitrogens with zero attached hydrogens (tertiary/aromatic N) is 4. The van der Waals surface area contributed by atoms with E-state index in [0.29, 0.717) is 29.7 Å². The first-order valence-electron chi connectivity index (χ1n) is 9.44. The number of carbonyl (C=O) groups excluding carboxylic acids is 1. The van der Waals surface area contributed by atoms with Crippen LogP contribution in [0.15, 0.2) is 65.7 Å². The molecule has 2 heterocycles. The van der Waals surface area contributed by atoms with Crippen LogP contribution in [0.3, 0.4) is 0 Å². The van der Waals surface area contributed by atoms with Gasteiger partial charge in [0.15, 0.2) is 5.69 Å². The molecule has 2 aromatic carbocycles. The summed E-state index contributed by atoms with van der Waals surface area (Å²) in [4.78, 5) is 25.5. The highest BCUT2D eigenvalue weighted by molar-refractivity contribution is 6.04. The number of hydrogen-bond donors (Lipinski definition) is 1. The highest BCUT2D eigenvalue weighted by Gasteiger charge is 2.17. The Kier molecular flexibility index (Phi) is 4.95. The number of anilines is 1. The molecule has 0 spiro atoms. The van der Waals surface area contributed by atoms with Gasteiger partial charge in [-0.3, -0.25) is 19.0 Å². The second-order valence-corrected chi connectivity index (χ2v) is 6.88. The van der Waals surface area contributed by atoms with Crippen LogP contribution in [-0.2, 0) is 13.1 Å². The maximum atomic E-state index is 12.7. The first-order chi connectivity index (χ1) is 14.0. The van der Waals surface area contributed by atoms with Gasteiger partial charge >= 0.3 is 0 Å². The molecule has 0 aliphatic heterocycles. The SMILES string of the molecule is CCn1nc(C(=O)Nc2cnn(Cc3ccc(C)cc3)c2)c(=O)c2ccccc21. The first-order valence-corrected chi connectivity index (χ1v) is 9.44. The van der Waals surface area contributed by atoms with Crippen LogP contribution in [-0.4, -0.2) is 25.5 Å². The normalized spacial score (nSPS) is 11.0. The standard InChI is InChI=1S/C22H21N5O2/c1-3-27-19-7-5-4-6-18(19)21(28)20(25-27)22(29)24-17-12-23-26(14-17)13-16-10-8-15(2)9-11-16/h4-12,14H,3,13H2,1-2H3,(H,24,29). The predicted octanol–water partition coefficient (Wildman–Crippen LogP) is 3.22. The molecule has 7 heteroatoms. The van der Waals surface area contributed by atoms with Gasteiger partial charge in [-0.05, 0) is 31.5 Å². The Morgan fingerprint density at radius 1 is 1.10 bits per heavy atom. The molecule has 0 bridgehead atoms. The van der Waals surface area contributed by atoms with Crippen molar-refractivity contribution in [1.29, 1.82) is 0 Å². The Balaban J connectivity index is 1.57. The number of aromatic nitrogens is 4. The van der Waals surface area contributed by atoms with Crippen molar-refractivity contribution in [3.63, 3.8) is 0 Å². The van der Waals surface area contributed by atoms with E-state index in [1.54, 1.807) is 33.9 Å². The van der Waals surface area contributed by atoms with Gasteiger partial charge in [-0.1, -0.05) is 42.0 Å². The predicted molar refractivity (Wildman–Crippen MR) is 112 cm³/mol. The molecule has 0 radical (unpaired) electrons. The number of fused-ring (bicyclic) bond motifs is 1. The maximum absolute atomic E-state index is 12.7. The van der Waals surface area contributed by atoms with Crippen molar-refractivity contribution >= 4 is 22.5 Å². The van der Waals surface area contributed by atoms with Crippen molar-refractivity contribution in [3.8, 4) is 0 Å². The van der Waals surface area contributed by atoms with Crippen LogP contribution >= 0.6 is 0 Å². The minimum atomic E-state index is -0.544. The van der Waals surface area contributed by atoms with E-state index in [9.17, 15) is 9.59 Å². The smallest absolute Gasteiger partial charge is 0.280 e. The molecule has 0 unspecified atom stereocenters. The maximum Gasteiger partial charge on any atom is 0.280 e. The summed E-state index contributed by atoms with van der Waals surface area (Å²) in [6.45, 7) is 5.10. The van der Waals surface area contributed by atoms with E-state index in [1.165, 1.54) is 5.56 Å². The summed E-state index contributed by atoms with van der Waals surface area (Å²) in [5, 5.41) is 11.8. The largest absolute Gasteiger partial charge is 0.318 e. The number of aryl methyl sites for hydroxylation is 2. The lowest BCUT2D eigenvalue weighted by Crippen LogP contribution is -2.26. The van der Waals surface area contributed by atoms with Crippen LogP contribution in [0, 0.1) is 6.92 Å². The summed E-state index contributed by atoms with van der Waals surface area (Å²) >= 11 is 0. The summed E-state index contributed by atoms with van der Waals surface area (Å²) < 4.78 is 3.39. The number of nitrogens with one attached hydrogen (secondary N) is 1. The minimum Gasteiger partial charge on any atom is -0.318 e. The lowest BCUT2D eigenvalue weighted by atomic mass is 10.1. The Hall–Kier alpha value is -3.74. The lowest BCUT2D eigenvalue weighted by molar-refractivity contribution is 0.101. The van der Waals surface area contributed by atoms with Crippen molar-refractivity contribution in [2.24, 2.45) is 0 Å². The van der Waals surface area contributed by atoms with Crippen LogP contribution in [0.5, 0.6) is 0 Å². The molecule has 29 heavy (non-hydrogen) atoms. The minimum absolute atomic E-state index is 0.128. The number of para-hydroxylation sites is 1. The lowest BCUT2D eigenvalue weighted by Gasteiger charge is -2.09. The molecule has 0 aliphatic rings.